The molecule has 3 nitrogen and oxygen atoms in total. The van der Waals surface area contributed by atoms with Crippen LogP contribution in [0.3, 0.4) is 0 Å². The largest absolute Gasteiger partial charge is 0.338 e. The highest BCUT2D eigenvalue weighted by atomic mass is 35.5. The van der Waals surface area contributed by atoms with Gasteiger partial charge in [0.15, 0.2) is 0 Å². The first-order valence-corrected chi connectivity index (χ1v) is 12.7. The zero-order valence-corrected chi connectivity index (χ0v) is 19.4. The summed E-state index contributed by atoms with van der Waals surface area (Å²) in [5.74, 6) is 0.679. The summed E-state index contributed by atoms with van der Waals surface area (Å²) in [5, 5.41) is 3.99. The lowest BCUT2D eigenvalue weighted by molar-refractivity contribution is -0.135. The Morgan fingerprint density at radius 2 is 1.87 bits per heavy atom. The van der Waals surface area contributed by atoms with Crippen molar-refractivity contribution in [3.8, 4) is 0 Å². The Labute approximate surface area is 193 Å². The summed E-state index contributed by atoms with van der Waals surface area (Å²) in [6.07, 6.45) is 5.27. The van der Waals surface area contributed by atoms with E-state index in [-0.39, 0.29) is 5.91 Å². The molecule has 3 aromatic rings. The summed E-state index contributed by atoms with van der Waals surface area (Å²) >= 11 is 7.94. The van der Waals surface area contributed by atoms with Crippen LogP contribution in [0.4, 0.5) is 0 Å². The first-order chi connectivity index (χ1) is 15.2. The average Bonchev–Trinajstić information content (AvgIpc) is 3.45. The number of likely N-dealkylation sites (tertiary alicyclic amines) is 2. The number of thiophene rings is 1. The number of halogens is 1. The molecule has 0 unspecified atom stereocenters. The molecular formula is C26H29ClN2OS. The molecule has 162 valence electrons. The van der Waals surface area contributed by atoms with Crippen LogP contribution in [0.2, 0.25) is 5.02 Å². The van der Waals surface area contributed by atoms with E-state index in [9.17, 15) is 4.79 Å². The van der Waals surface area contributed by atoms with Gasteiger partial charge in [0.05, 0.1) is 6.42 Å². The maximum atomic E-state index is 13.6. The topological polar surface area (TPSA) is 23.6 Å². The number of carbonyl (C=O) groups excluding carboxylic acids is 1. The van der Waals surface area contributed by atoms with Crippen LogP contribution in [-0.4, -0.2) is 47.9 Å². The second-order valence-corrected chi connectivity index (χ2v) is 10.3. The second kappa shape index (κ2) is 9.32. The van der Waals surface area contributed by atoms with Gasteiger partial charge in [0.1, 0.15) is 0 Å². The maximum Gasteiger partial charge on any atom is 0.227 e. The minimum absolute atomic E-state index is 0.254. The molecule has 1 amide bonds. The van der Waals surface area contributed by atoms with Crippen molar-refractivity contribution >= 4 is 38.9 Å². The molecule has 2 fully saturated rings. The molecule has 0 bridgehead atoms. The lowest BCUT2D eigenvalue weighted by Gasteiger charge is -2.41. The van der Waals surface area contributed by atoms with E-state index in [0.29, 0.717) is 18.4 Å². The number of carbonyl (C=O) groups is 1. The van der Waals surface area contributed by atoms with Crippen molar-refractivity contribution in [2.75, 3.05) is 26.2 Å². The number of fused-ring (bicyclic) bond motifs is 1. The molecule has 1 aromatic heterocycles. The van der Waals surface area contributed by atoms with Crippen LogP contribution in [-0.2, 0) is 11.2 Å². The normalized spacial score (nSPS) is 22.3. The molecule has 5 heteroatoms. The highest BCUT2D eigenvalue weighted by molar-refractivity contribution is 7.17. The monoisotopic (exact) mass is 452 g/mol. The van der Waals surface area contributed by atoms with E-state index in [1.165, 1.54) is 36.2 Å². The number of hydrogen-bond acceptors (Lipinski definition) is 3. The smallest absolute Gasteiger partial charge is 0.227 e. The molecule has 2 aromatic carbocycles. The van der Waals surface area contributed by atoms with Crippen molar-refractivity contribution in [3.63, 3.8) is 0 Å². The van der Waals surface area contributed by atoms with Crippen LogP contribution in [0.5, 0.6) is 0 Å². The number of benzene rings is 2. The van der Waals surface area contributed by atoms with Crippen LogP contribution in [0, 0.1) is 0 Å². The predicted molar refractivity (Wildman–Crippen MR) is 130 cm³/mol. The molecule has 3 heterocycles. The van der Waals surface area contributed by atoms with Gasteiger partial charge >= 0.3 is 0 Å². The molecule has 0 saturated carbocycles. The van der Waals surface area contributed by atoms with E-state index in [2.05, 4.69) is 51.6 Å². The Kier molecular flexibility index (Phi) is 6.31. The number of nitrogens with zero attached hydrogens (tertiary/aromatic N) is 2. The third-order valence-electron chi connectivity index (χ3n) is 6.92. The summed E-state index contributed by atoms with van der Waals surface area (Å²) in [4.78, 5) is 18.4. The fourth-order valence-corrected chi connectivity index (χ4v) is 6.35. The van der Waals surface area contributed by atoms with Gasteiger partial charge in [-0.25, -0.2) is 0 Å². The molecule has 0 radical (unpaired) electrons. The van der Waals surface area contributed by atoms with Gasteiger partial charge in [-0.3, -0.25) is 4.79 Å². The number of piperidine rings is 1. The van der Waals surface area contributed by atoms with Gasteiger partial charge in [0.2, 0.25) is 5.91 Å². The second-order valence-electron chi connectivity index (χ2n) is 8.97. The quantitative estimate of drug-likeness (QED) is 0.476. The Balaban J connectivity index is 1.37. The Bertz CT molecular complexity index is 1040. The number of hydrogen-bond donors (Lipinski definition) is 0. The van der Waals surface area contributed by atoms with Gasteiger partial charge in [0, 0.05) is 34.8 Å². The van der Waals surface area contributed by atoms with E-state index < -0.39 is 0 Å². The molecule has 31 heavy (non-hydrogen) atoms. The van der Waals surface area contributed by atoms with Crippen LogP contribution in [0.15, 0.2) is 53.9 Å². The number of rotatable bonds is 5. The Morgan fingerprint density at radius 1 is 1.06 bits per heavy atom. The molecular weight excluding hydrogens is 424 g/mol. The van der Waals surface area contributed by atoms with Crippen LogP contribution < -0.4 is 0 Å². The Morgan fingerprint density at radius 3 is 2.68 bits per heavy atom. The third-order valence-corrected chi connectivity index (χ3v) is 8.17. The molecule has 0 aliphatic carbocycles. The van der Waals surface area contributed by atoms with Crippen LogP contribution in [0.1, 0.15) is 42.7 Å². The average molecular weight is 453 g/mol. The standard InChI is InChI=1S/C26H29ClN2OS/c27-22-9-11-25-24(15-22)21(18-31-25)14-26(30)29-16-20(19-6-2-1-3-7-19)8-10-23(29)17-28-12-4-5-13-28/h1-3,6-7,9,11,15,18,20,23H,4-5,8,10,12-14,16-17H2/t20-,23+/m1/s1. The predicted octanol–water partition coefficient (Wildman–Crippen LogP) is 5.97. The van der Waals surface area contributed by atoms with Crippen molar-refractivity contribution in [3.05, 3.63) is 70.1 Å². The molecule has 2 aliphatic heterocycles. The molecule has 0 N–H and O–H groups in total. The van der Waals surface area contributed by atoms with E-state index in [1.54, 1.807) is 11.3 Å². The highest BCUT2D eigenvalue weighted by Gasteiger charge is 2.33. The molecule has 2 aliphatic rings. The van der Waals surface area contributed by atoms with Gasteiger partial charge < -0.3 is 9.80 Å². The fraction of sp³-hybridized carbons (Fsp3) is 0.423. The lowest BCUT2D eigenvalue weighted by atomic mass is 9.86. The third kappa shape index (κ3) is 4.67. The SMILES string of the molecule is O=C(Cc1csc2ccc(Cl)cc12)N1C[C@H](c2ccccc2)CC[C@H]1CN1CCCC1. The van der Waals surface area contributed by atoms with Gasteiger partial charge in [-0.1, -0.05) is 41.9 Å². The van der Waals surface area contributed by atoms with E-state index in [1.807, 2.05) is 12.1 Å². The Hall–Kier alpha value is -1.88. The van der Waals surface area contributed by atoms with Crippen molar-refractivity contribution in [1.29, 1.82) is 0 Å². The maximum absolute atomic E-state index is 13.6. The van der Waals surface area contributed by atoms with Gasteiger partial charge in [-0.2, -0.15) is 0 Å². The first-order valence-electron chi connectivity index (χ1n) is 11.4. The lowest BCUT2D eigenvalue weighted by Crippen LogP contribution is -2.51. The summed E-state index contributed by atoms with van der Waals surface area (Å²) < 4.78 is 1.20. The summed E-state index contributed by atoms with van der Waals surface area (Å²) in [5.41, 5.74) is 2.46. The van der Waals surface area contributed by atoms with Gasteiger partial charge in [0.25, 0.3) is 0 Å². The summed E-state index contributed by atoms with van der Waals surface area (Å²) in [7, 11) is 0. The summed E-state index contributed by atoms with van der Waals surface area (Å²) in [6, 6.07) is 17.0. The van der Waals surface area contributed by atoms with Crippen LogP contribution in [0.25, 0.3) is 10.1 Å². The highest BCUT2D eigenvalue weighted by Crippen LogP contribution is 2.33. The number of amides is 1. The van der Waals surface area contributed by atoms with Crippen molar-refractivity contribution in [2.24, 2.45) is 0 Å². The van der Waals surface area contributed by atoms with Crippen molar-refractivity contribution < 1.29 is 4.79 Å². The molecule has 2 atom stereocenters. The van der Waals surface area contributed by atoms with E-state index in [4.69, 9.17) is 11.6 Å². The molecule has 0 spiro atoms. The minimum atomic E-state index is 0.254. The van der Waals surface area contributed by atoms with Gasteiger partial charge in [-0.05, 0) is 78.9 Å². The van der Waals surface area contributed by atoms with Crippen molar-refractivity contribution in [1.82, 2.24) is 9.80 Å². The van der Waals surface area contributed by atoms with Gasteiger partial charge in [-0.15, -0.1) is 11.3 Å². The first kappa shape index (κ1) is 21.0. The zero-order valence-electron chi connectivity index (χ0n) is 17.8. The van der Waals surface area contributed by atoms with Crippen molar-refractivity contribution in [2.45, 2.75) is 44.1 Å². The minimum Gasteiger partial charge on any atom is -0.338 e. The summed E-state index contributed by atoms with van der Waals surface area (Å²) in [6.45, 7) is 4.19. The zero-order chi connectivity index (χ0) is 21.2. The molecule has 5 rings (SSSR count). The van der Waals surface area contributed by atoms with Crippen LogP contribution >= 0.6 is 22.9 Å². The molecule has 2 saturated heterocycles. The van der Waals surface area contributed by atoms with E-state index in [0.717, 1.165) is 41.9 Å². The fourth-order valence-electron chi connectivity index (χ4n) is 5.24. The van der Waals surface area contributed by atoms with E-state index >= 15 is 0 Å².